The van der Waals surface area contributed by atoms with E-state index in [1.54, 1.807) is 0 Å². The van der Waals surface area contributed by atoms with Crippen LogP contribution in [0.1, 0.15) is 25.3 Å². The molecular formula is C10H19N3O. The van der Waals surface area contributed by atoms with E-state index in [4.69, 9.17) is 4.52 Å². The molecule has 1 N–H and O–H groups in total. The van der Waals surface area contributed by atoms with Crippen molar-refractivity contribution < 1.29 is 4.52 Å². The number of aromatic nitrogens is 1. The predicted octanol–water partition coefficient (Wildman–Crippen LogP) is 1.24. The van der Waals surface area contributed by atoms with Gasteiger partial charge in [0.2, 0.25) is 0 Å². The van der Waals surface area contributed by atoms with Crippen LogP contribution in [0.15, 0.2) is 10.6 Å². The summed E-state index contributed by atoms with van der Waals surface area (Å²) in [6, 6.07) is 2.01. The first-order chi connectivity index (χ1) is 6.76. The van der Waals surface area contributed by atoms with Gasteiger partial charge in [0, 0.05) is 12.6 Å². The van der Waals surface area contributed by atoms with E-state index in [0.717, 1.165) is 37.6 Å². The van der Waals surface area contributed by atoms with E-state index >= 15 is 0 Å². The van der Waals surface area contributed by atoms with Crippen molar-refractivity contribution in [1.82, 2.24) is 15.4 Å². The normalized spacial score (nSPS) is 11.1. The average Bonchev–Trinajstić information content (AvgIpc) is 2.62. The van der Waals surface area contributed by atoms with Crippen LogP contribution in [0.5, 0.6) is 0 Å². The molecule has 80 valence electrons. The van der Waals surface area contributed by atoms with Crippen LogP contribution in [-0.2, 0) is 13.1 Å². The predicted molar refractivity (Wildman–Crippen MR) is 55.9 cm³/mol. The summed E-state index contributed by atoms with van der Waals surface area (Å²) in [4.78, 5) is 2.18. The molecule has 0 atom stereocenters. The monoisotopic (exact) mass is 197 g/mol. The Kier molecular flexibility index (Phi) is 4.62. The second kappa shape index (κ2) is 5.78. The molecule has 4 nitrogen and oxygen atoms in total. The maximum absolute atomic E-state index is 5.20. The Balaban J connectivity index is 2.42. The third kappa shape index (κ3) is 3.47. The van der Waals surface area contributed by atoms with Crippen LogP contribution in [0.4, 0.5) is 0 Å². The lowest BCUT2D eigenvalue weighted by Gasteiger charge is -2.09. The van der Waals surface area contributed by atoms with Crippen molar-refractivity contribution in [1.29, 1.82) is 0 Å². The van der Waals surface area contributed by atoms with Gasteiger partial charge in [-0.15, -0.1) is 0 Å². The van der Waals surface area contributed by atoms with Crippen LogP contribution in [0.25, 0.3) is 0 Å². The van der Waals surface area contributed by atoms with Crippen molar-refractivity contribution in [2.45, 2.75) is 26.9 Å². The third-order valence-corrected chi connectivity index (χ3v) is 2.13. The van der Waals surface area contributed by atoms with Crippen molar-refractivity contribution in [3.8, 4) is 0 Å². The van der Waals surface area contributed by atoms with Crippen LogP contribution >= 0.6 is 0 Å². The molecule has 1 aromatic rings. The van der Waals surface area contributed by atoms with E-state index in [-0.39, 0.29) is 0 Å². The maximum Gasteiger partial charge on any atom is 0.151 e. The minimum atomic E-state index is 0.788. The highest BCUT2D eigenvalue weighted by molar-refractivity contribution is 5.04. The summed E-state index contributed by atoms with van der Waals surface area (Å²) < 4.78 is 5.20. The number of hydrogen-bond donors (Lipinski definition) is 1. The second-order valence-electron chi connectivity index (χ2n) is 3.40. The Morgan fingerprint density at radius 3 is 2.93 bits per heavy atom. The average molecular weight is 197 g/mol. The van der Waals surface area contributed by atoms with Gasteiger partial charge in [0.25, 0.3) is 0 Å². The van der Waals surface area contributed by atoms with Crippen molar-refractivity contribution in [2.75, 3.05) is 20.1 Å². The van der Waals surface area contributed by atoms with Gasteiger partial charge in [0.1, 0.15) is 0 Å². The standard InChI is InChI=1S/C10H19N3O/c1-4-11-7-9-6-10(14-12-9)8-13(3)5-2/h6,11H,4-5,7-8H2,1-3H3. The van der Waals surface area contributed by atoms with E-state index in [1.165, 1.54) is 0 Å². The lowest BCUT2D eigenvalue weighted by atomic mass is 10.3. The van der Waals surface area contributed by atoms with Gasteiger partial charge in [0.05, 0.1) is 12.2 Å². The van der Waals surface area contributed by atoms with Gasteiger partial charge in [0.15, 0.2) is 5.76 Å². The Morgan fingerprint density at radius 1 is 1.50 bits per heavy atom. The zero-order chi connectivity index (χ0) is 10.4. The third-order valence-electron chi connectivity index (χ3n) is 2.13. The first kappa shape index (κ1) is 11.2. The molecule has 0 aliphatic rings. The molecule has 14 heavy (non-hydrogen) atoms. The lowest BCUT2D eigenvalue weighted by molar-refractivity contribution is 0.281. The molecule has 0 saturated carbocycles. The van der Waals surface area contributed by atoms with E-state index < -0.39 is 0 Å². The van der Waals surface area contributed by atoms with Gasteiger partial charge in [-0.3, -0.25) is 4.90 Å². The molecular weight excluding hydrogens is 178 g/mol. The van der Waals surface area contributed by atoms with Crippen molar-refractivity contribution in [2.24, 2.45) is 0 Å². The maximum atomic E-state index is 5.20. The molecule has 0 amide bonds. The fourth-order valence-electron chi connectivity index (χ4n) is 1.14. The van der Waals surface area contributed by atoms with Gasteiger partial charge in [-0.2, -0.15) is 0 Å². The van der Waals surface area contributed by atoms with Crippen molar-refractivity contribution >= 4 is 0 Å². The van der Waals surface area contributed by atoms with Gasteiger partial charge in [-0.25, -0.2) is 0 Å². The molecule has 0 bridgehead atoms. The quantitative estimate of drug-likeness (QED) is 0.745. The van der Waals surface area contributed by atoms with Crippen LogP contribution in [-0.4, -0.2) is 30.2 Å². The van der Waals surface area contributed by atoms with Crippen LogP contribution in [0, 0.1) is 0 Å². The molecule has 1 rings (SSSR count). The van der Waals surface area contributed by atoms with Gasteiger partial charge in [-0.1, -0.05) is 19.0 Å². The van der Waals surface area contributed by atoms with Crippen LogP contribution in [0.3, 0.4) is 0 Å². The van der Waals surface area contributed by atoms with Crippen molar-refractivity contribution in [3.63, 3.8) is 0 Å². The molecule has 4 heteroatoms. The zero-order valence-electron chi connectivity index (χ0n) is 9.21. The summed E-state index contributed by atoms with van der Waals surface area (Å²) in [5.41, 5.74) is 0.978. The second-order valence-corrected chi connectivity index (χ2v) is 3.40. The summed E-state index contributed by atoms with van der Waals surface area (Å²) in [7, 11) is 2.06. The summed E-state index contributed by atoms with van der Waals surface area (Å²) in [6.45, 7) is 7.79. The molecule has 0 fully saturated rings. The number of nitrogens with one attached hydrogen (secondary N) is 1. The molecule has 0 radical (unpaired) electrons. The zero-order valence-corrected chi connectivity index (χ0v) is 9.21. The Labute approximate surface area is 85.3 Å². The highest BCUT2D eigenvalue weighted by Crippen LogP contribution is 2.05. The van der Waals surface area contributed by atoms with Gasteiger partial charge in [-0.05, 0) is 20.1 Å². The largest absolute Gasteiger partial charge is 0.360 e. The fourth-order valence-corrected chi connectivity index (χ4v) is 1.14. The van der Waals surface area contributed by atoms with Gasteiger partial charge >= 0.3 is 0 Å². The summed E-state index contributed by atoms with van der Waals surface area (Å²) in [5, 5.41) is 7.19. The van der Waals surface area contributed by atoms with E-state index in [2.05, 4.69) is 36.3 Å². The highest BCUT2D eigenvalue weighted by atomic mass is 16.5. The van der Waals surface area contributed by atoms with E-state index in [1.807, 2.05) is 6.07 Å². The van der Waals surface area contributed by atoms with Gasteiger partial charge < -0.3 is 9.84 Å². The number of hydrogen-bond acceptors (Lipinski definition) is 4. The summed E-state index contributed by atoms with van der Waals surface area (Å²) in [6.07, 6.45) is 0. The van der Waals surface area contributed by atoms with Crippen molar-refractivity contribution in [3.05, 3.63) is 17.5 Å². The molecule has 0 aliphatic carbocycles. The molecule has 0 aliphatic heterocycles. The van der Waals surface area contributed by atoms with Crippen LogP contribution in [0.2, 0.25) is 0 Å². The molecule has 1 heterocycles. The lowest BCUT2D eigenvalue weighted by Crippen LogP contribution is -2.16. The van der Waals surface area contributed by atoms with E-state index in [9.17, 15) is 0 Å². The Bertz CT molecular complexity index is 260. The number of rotatable bonds is 6. The summed E-state index contributed by atoms with van der Waals surface area (Å²) >= 11 is 0. The minimum Gasteiger partial charge on any atom is -0.360 e. The summed E-state index contributed by atoms with van der Waals surface area (Å²) in [5.74, 6) is 0.933. The molecule has 0 saturated heterocycles. The molecule has 0 aromatic carbocycles. The Hall–Kier alpha value is -0.870. The Morgan fingerprint density at radius 2 is 2.29 bits per heavy atom. The first-order valence-electron chi connectivity index (χ1n) is 5.10. The molecule has 1 aromatic heterocycles. The van der Waals surface area contributed by atoms with E-state index in [0.29, 0.717) is 0 Å². The SMILES string of the molecule is CCNCc1cc(CN(C)CC)on1. The van der Waals surface area contributed by atoms with Crippen LogP contribution < -0.4 is 5.32 Å². The number of nitrogens with zero attached hydrogens (tertiary/aromatic N) is 2. The molecule has 0 spiro atoms. The first-order valence-corrected chi connectivity index (χ1v) is 5.10. The highest BCUT2D eigenvalue weighted by Gasteiger charge is 2.05. The smallest absolute Gasteiger partial charge is 0.151 e. The molecule has 0 unspecified atom stereocenters. The minimum absolute atomic E-state index is 0.788. The fraction of sp³-hybridized carbons (Fsp3) is 0.700. The topological polar surface area (TPSA) is 41.3 Å².